The first-order chi connectivity index (χ1) is 8.17. The Balaban J connectivity index is 2.45. The quantitative estimate of drug-likeness (QED) is 0.639. The zero-order chi connectivity index (χ0) is 12.4. The molecule has 0 aliphatic heterocycles. The highest BCUT2D eigenvalue weighted by molar-refractivity contribution is 6.35. The maximum Gasteiger partial charge on any atom is 0.0499 e. The van der Waals surface area contributed by atoms with E-state index >= 15 is 0 Å². The topological polar surface area (TPSA) is 0 Å². The highest BCUT2D eigenvalue weighted by Gasteiger charge is 2.18. The average Bonchev–Trinajstić information content (AvgIpc) is 2.71. The molecule has 0 saturated heterocycles. The monoisotopic (exact) mass is 266 g/mol. The summed E-state index contributed by atoms with van der Waals surface area (Å²) in [4.78, 5) is 0. The first-order valence-electron chi connectivity index (χ1n) is 6.04. The Bertz CT molecular complexity index is 496. The van der Waals surface area contributed by atoms with Crippen molar-refractivity contribution < 1.29 is 0 Å². The third kappa shape index (κ3) is 2.43. The van der Waals surface area contributed by atoms with Crippen LogP contribution in [0, 0.1) is 0 Å². The van der Waals surface area contributed by atoms with E-state index < -0.39 is 0 Å². The van der Waals surface area contributed by atoms with E-state index in [-0.39, 0.29) is 0 Å². The standard InChI is InChI=1S/C15H16Cl2/c1-3-10-5-7-13(12(10)4-2)14-8-6-11(16)9-15(14)17/h6-9H,3-5H2,1-2H3. The van der Waals surface area contributed by atoms with Gasteiger partial charge in [0.05, 0.1) is 0 Å². The SMILES string of the molecule is CCC1=C(CC)C(c2ccc(Cl)cc2Cl)=CC1. The van der Waals surface area contributed by atoms with E-state index in [2.05, 4.69) is 19.9 Å². The van der Waals surface area contributed by atoms with E-state index in [0.717, 1.165) is 29.8 Å². The van der Waals surface area contributed by atoms with E-state index in [1.807, 2.05) is 18.2 Å². The minimum absolute atomic E-state index is 0.690. The van der Waals surface area contributed by atoms with Gasteiger partial charge in [0.15, 0.2) is 0 Å². The van der Waals surface area contributed by atoms with Crippen LogP contribution in [0.25, 0.3) is 5.57 Å². The zero-order valence-corrected chi connectivity index (χ0v) is 11.7. The van der Waals surface area contributed by atoms with Gasteiger partial charge in [0, 0.05) is 15.6 Å². The molecule has 0 bridgehead atoms. The van der Waals surface area contributed by atoms with Crippen molar-refractivity contribution in [3.05, 3.63) is 51.0 Å². The van der Waals surface area contributed by atoms with Crippen molar-refractivity contribution in [2.45, 2.75) is 33.1 Å². The van der Waals surface area contributed by atoms with Crippen molar-refractivity contribution in [3.8, 4) is 0 Å². The maximum atomic E-state index is 6.27. The van der Waals surface area contributed by atoms with E-state index in [4.69, 9.17) is 23.2 Å². The molecule has 90 valence electrons. The summed E-state index contributed by atoms with van der Waals surface area (Å²) in [5, 5.41) is 1.43. The van der Waals surface area contributed by atoms with Gasteiger partial charge in [-0.2, -0.15) is 0 Å². The lowest BCUT2D eigenvalue weighted by molar-refractivity contribution is 0.999. The van der Waals surface area contributed by atoms with Crippen molar-refractivity contribution in [1.29, 1.82) is 0 Å². The maximum absolute atomic E-state index is 6.27. The van der Waals surface area contributed by atoms with Crippen LogP contribution in [0.3, 0.4) is 0 Å². The molecular formula is C15H16Cl2. The third-order valence-electron chi connectivity index (χ3n) is 3.31. The lowest BCUT2D eigenvalue weighted by Crippen LogP contribution is -1.90. The molecule has 2 heteroatoms. The smallest absolute Gasteiger partial charge is 0.0499 e. The second-order valence-electron chi connectivity index (χ2n) is 4.24. The number of benzene rings is 1. The van der Waals surface area contributed by atoms with Crippen LogP contribution in [0.15, 0.2) is 35.4 Å². The normalized spacial score (nSPS) is 15.4. The number of rotatable bonds is 3. The second kappa shape index (κ2) is 5.29. The summed E-state index contributed by atoms with van der Waals surface area (Å²) in [6, 6.07) is 5.74. The van der Waals surface area contributed by atoms with Crippen LogP contribution in [0.2, 0.25) is 10.0 Å². The molecule has 0 aromatic heterocycles. The molecule has 1 aliphatic rings. The Kier molecular flexibility index (Phi) is 3.96. The molecule has 0 spiro atoms. The molecule has 0 atom stereocenters. The van der Waals surface area contributed by atoms with Crippen molar-refractivity contribution >= 4 is 28.8 Å². The molecule has 0 amide bonds. The molecule has 0 fully saturated rings. The summed E-state index contributed by atoms with van der Waals surface area (Å²) in [5.74, 6) is 0. The molecule has 1 aromatic carbocycles. The van der Waals surface area contributed by atoms with Crippen molar-refractivity contribution in [2.24, 2.45) is 0 Å². The van der Waals surface area contributed by atoms with E-state index in [1.165, 1.54) is 16.7 Å². The molecule has 0 radical (unpaired) electrons. The van der Waals surface area contributed by atoms with Crippen LogP contribution in [-0.4, -0.2) is 0 Å². The largest absolute Gasteiger partial charge is 0.0843 e. The second-order valence-corrected chi connectivity index (χ2v) is 5.08. The molecule has 17 heavy (non-hydrogen) atoms. The van der Waals surface area contributed by atoms with Crippen molar-refractivity contribution in [3.63, 3.8) is 0 Å². The predicted molar refractivity (Wildman–Crippen MR) is 76.7 cm³/mol. The number of allylic oxidation sites excluding steroid dienone is 4. The lowest BCUT2D eigenvalue weighted by Gasteiger charge is -2.11. The van der Waals surface area contributed by atoms with E-state index in [1.54, 1.807) is 0 Å². The molecule has 0 N–H and O–H groups in total. The fraction of sp³-hybridized carbons (Fsp3) is 0.333. The fourth-order valence-corrected chi connectivity index (χ4v) is 2.95. The molecule has 0 unspecified atom stereocenters. The van der Waals surface area contributed by atoms with Crippen LogP contribution >= 0.6 is 23.2 Å². The summed E-state index contributed by atoms with van der Waals surface area (Å²) >= 11 is 12.2. The third-order valence-corrected chi connectivity index (χ3v) is 3.85. The zero-order valence-electron chi connectivity index (χ0n) is 10.2. The molecule has 0 heterocycles. The van der Waals surface area contributed by atoms with Gasteiger partial charge in [-0.25, -0.2) is 0 Å². The van der Waals surface area contributed by atoms with Crippen molar-refractivity contribution in [1.82, 2.24) is 0 Å². The van der Waals surface area contributed by atoms with E-state index in [0.29, 0.717) is 5.02 Å². The molecule has 0 saturated carbocycles. The molecule has 1 aliphatic carbocycles. The Labute approximate surface area is 113 Å². The van der Waals surface area contributed by atoms with Crippen molar-refractivity contribution in [2.75, 3.05) is 0 Å². The molecule has 1 aromatic rings. The van der Waals surface area contributed by atoms with Gasteiger partial charge in [-0.3, -0.25) is 0 Å². The van der Waals surface area contributed by atoms with Crippen LogP contribution < -0.4 is 0 Å². The number of hydrogen-bond acceptors (Lipinski definition) is 0. The summed E-state index contributed by atoms with van der Waals surface area (Å²) in [6.45, 7) is 4.42. The Morgan fingerprint density at radius 3 is 2.47 bits per heavy atom. The van der Waals surface area contributed by atoms with Gasteiger partial charge in [-0.1, -0.05) is 54.8 Å². The Morgan fingerprint density at radius 1 is 1.12 bits per heavy atom. The van der Waals surface area contributed by atoms with Crippen LogP contribution in [0.1, 0.15) is 38.7 Å². The summed E-state index contributed by atoms with van der Waals surface area (Å²) < 4.78 is 0. The predicted octanol–water partition coefficient (Wildman–Crippen LogP) is 5.90. The highest BCUT2D eigenvalue weighted by Crippen LogP contribution is 2.40. The number of halogens is 2. The highest BCUT2D eigenvalue weighted by atomic mass is 35.5. The van der Waals surface area contributed by atoms with Gasteiger partial charge in [0.1, 0.15) is 0 Å². The van der Waals surface area contributed by atoms with Gasteiger partial charge < -0.3 is 0 Å². The molecule has 0 nitrogen and oxygen atoms in total. The molecule has 2 rings (SSSR count). The van der Waals surface area contributed by atoms with Crippen LogP contribution in [-0.2, 0) is 0 Å². The minimum atomic E-state index is 0.690. The molecular weight excluding hydrogens is 251 g/mol. The van der Waals surface area contributed by atoms with E-state index in [9.17, 15) is 0 Å². The first kappa shape index (κ1) is 12.7. The van der Waals surface area contributed by atoms with Gasteiger partial charge in [0.2, 0.25) is 0 Å². The Morgan fingerprint density at radius 2 is 1.88 bits per heavy atom. The average molecular weight is 267 g/mol. The summed E-state index contributed by atoms with van der Waals surface area (Å²) in [5.41, 5.74) is 5.40. The fourth-order valence-electron chi connectivity index (χ4n) is 2.44. The summed E-state index contributed by atoms with van der Waals surface area (Å²) in [7, 11) is 0. The van der Waals surface area contributed by atoms with Gasteiger partial charge in [-0.05, 0) is 42.5 Å². The first-order valence-corrected chi connectivity index (χ1v) is 6.79. The number of hydrogen-bond donors (Lipinski definition) is 0. The van der Waals surface area contributed by atoms with Crippen LogP contribution in [0.5, 0.6) is 0 Å². The van der Waals surface area contributed by atoms with Gasteiger partial charge in [0.25, 0.3) is 0 Å². The van der Waals surface area contributed by atoms with Gasteiger partial charge >= 0.3 is 0 Å². The minimum Gasteiger partial charge on any atom is -0.0843 e. The summed E-state index contributed by atoms with van der Waals surface area (Å²) in [6.07, 6.45) is 5.53. The lowest BCUT2D eigenvalue weighted by atomic mass is 9.96. The Hall–Kier alpha value is -0.720. The van der Waals surface area contributed by atoms with Gasteiger partial charge in [-0.15, -0.1) is 0 Å². The van der Waals surface area contributed by atoms with Crippen LogP contribution in [0.4, 0.5) is 0 Å².